The Morgan fingerprint density at radius 2 is 0.892 bits per heavy atom. The number of unbranched alkanes of at least 4 members (excludes halogenated alkanes) is 30. The molecule has 4 aromatic rings. The van der Waals surface area contributed by atoms with Crippen LogP contribution in [0.5, 0.6) is 11.5 Å². The molecule has 0 spiro atoms. The first-order chi connectivity index (χ1) is 36.3. The maximum atomic E-state index is 12.8. The third-order valence-corrected chi connectivity index (χ3v) is 15.4. The zero-order chi connectivity index (χ0) is 52.3. The second-order valence-electron chi connectivity index (χ2n) is 21.6. The molecule has 9 heteroatoms. The summed E-state index contributed by atoms with van der Waals surface area (Å²) in [6.07, 6.45) is 42.1. The predicted octanol–water partition coefficient (Wildman–Crippen LogP) is 16.8. The molecule has 5 rings (SSSR count). The van der Waals surface area contributed by atoms with Crippen molar-refractivity contribution in [2.75, 3.05) is 19.8 Å². The molecule has 0 aliphatic carbocycles. The summed E-state index contributed by atoms with van der Waals surface area (Å²) in [7, 11) is 0. The van der Waals surface area contributed by atoms with E-state index >= 15 is 0 Å². The Balaban J connectivity index is 1.13. The topological polar surface area (TPSA) is 112 Å². The van der Waals surface area contributed by atoms with Crippen molar-refractivity contribution in [2.45, 2.75) is 257 Å². The van der Waals surface area contributed by atoms with Gasteiger partial charge in [-0.1, -0.05) is 261 Å². The Morgan fingerprint density at radius 1 is 0.527 bits per heavy atom. The van der Waals surface area contributed by atoms with Crippen LogP contribution in [-0.2, 0) is 15.1 Å². The molecule has 3 aromatic carbocycles. The van der Waals surface area contributed by atoms with Gasteiger partial charge in [0.2, 0.25) is 0 Å². The molecule has 0 saturated carbocycles. The molecule has 1 unspecified atom stereocenters. The van der Waals surface area contributed by atoms with Gasteiger partial charge in [-0.15, -0.1) is 0 Å². The van der Waals surface area contributed by atoms with Crippen molar-refractivity contribution in [3.05, 3.63) is 128 Å². The summed E-state index contributed by atoms with van der Waals surface area (Å²) in [4.78, 5) is 27.4. The van der Waals surface area contributed by atoms with Crippen molar-refractivity contribution in [1.82, 2.24) is 9.55 Å². The normalized spacial score (nSPS) is 15.8. The fraction of sp³-hybridized carbons (Fsp3) is 0.662. The summed E-state index contributed by atoms with van der Waals surface area (Å²) in [5.41, 5.74) is 0.985. The van der Waals surface area contributed by atoms with Crippen LogP contribution in [0.2, 0.25) is 0 Å². The first-order valence-corrected chi connectivity index (χ1v) is 30.2. The number of hydrogen-bond donors (Lipinski definition) is 2. The predicted molar refractivity (Wildman–Crippen MR) is 306 cm³/mol. The monoisotopic (exact) mass is 1020 g/mol. The molecule has 9 nitrogen and oxygen atoms in total. The average Bonchev–Trinajstić information content (AvgIpc) is 3.79. The molecule has 1 aliphatic rings. The van der Waals surface area contributed by atoms with E-state index in [1.807, 2.05) is 42.5 Å². The van der Waals surface area contributed by atoms with Gasteiger partial charge in [0.25, 0.3) is 5.56 Å². The Kier molecular flexibility index (Phi) is 30.1. The summed E-state index contributed by atoms with van der Waals surface area (Å²) < 4.78 is 27.5. The van der Waals surface area contributed by atoms with E-state index in [2.05, 4.69) is 55.2 Å². The molecule has 0 bridgehead atoms. The minimum absolute atomic E-state index is 0.0264. The van der Waals surface area contributed by atoms with Gasteiger partial charge in [0.1, 0.15) is 29.4 Å². The van der Waals surface area contributed by atoms with Crippen molar-refractivity contribution in [3.63, 3.8) is 0 Å². The number of benzene rings is 3. The second-order valence-corrected chi connectivity index (χ2v) is 21.6. The first kappa shape index (κ1) is 60.7. The van der Waals surface area contributed by atoms with Gasteiger partial charge in [0.05, 0.1) is 25.9 Å². The van der Waals surface area contributed by atoms with Crippen LogP contribution in [0, 0.1) is 6.92 Å². The van der Waals surface area contributed by atoms with E-state index in [-0.39, 0.29) is 13.0 Å². The molecule has 0 amide bonds. The first-order valence-electron chi connectivity index (χ1n) is 30.2. The smallest absolute Gasteiger partial charge is 0.330 e. The number of hydrogen-bond acceptors (Lipinski definition) is 7. The largest absolute Gasteiger partial charge is 0.494 e. The van der Waals surface area contributed by atoms with Crippen molar-refractivity contribution in [2.24, 2.45) is 0 Å². The highest BCUT2D eigenvalue weighted by molar-refractivity contribution is 5.49. The third-order valence-electron chi connectivity index (χ3n) is 15.4. The third kappa shape index (κ3) is 21.8. The number of aromatic nitrogens is 2. The molecule has 1 saturated heterocycles. The second kappa shape index (κ2) is 36.7. The molecule has 412 valence electrons. The van der Waals surface area contributed by atoms with E-state index in [0.717, 1.165) is 41.0 Å². The number of aliphatic hydroxyl groups is 1. The average molecular weight is 1020 g/mol. The van der Waals surface area contributed by atoms with Crippen molar-refractivity contribution < 1.29 is 24.1 Å². The number of nitrogens with zero attached hydrogens (tertiary/aromatic N) is 1. The Morgan fingerprint density at radius 3 is 1.28 bits per heavy atom. The highest BCUT2D eigenvalue weighted by Crippen LogP contribution is 2.43. The van der Waals surface area contributed by atoms with Gasteiger partial charge in [0.15, 0.2) is 0 Å². The van der Waals surface area contributed by atoms with E-state index < -0.39 is 35.3 Å². The lowest BCUT2D eigenvalue weighted by atomic mass is 9.80. The van der Waals surface area contributed by atoms with Gasteiger partial charge >= 0.3 is 5.69 Å². The van der Waals surface area contributed by atoms with Gasteiger partial charge in [-0.05, 0) is 60.7 Å². The minimum Gasteiger partial charge on any atom is -0.494 e. The zero-order valence-electron chi connectivity index (χ0n) is 46.6. The number of aromatic amines is 1. The van der Waals surface area contributed by atoms with Crippen LogP contribution in [-0.4, -0.2) is 46.7 Å². The van der Waals surface area contributed by atoms with Crippen LogP contribution in [0.3, 0.4) is 0 Å². The van der Waals surface area contributed by atoms with E-state index in [1.165, 1.54) is 203 Å². The lowest BCUT2D eigenvalue weighted by Crippen LogP contribution is -2.38. The van der Waals surface area contributed by atoms with Gasteiger partial charge in [0, 0.05) is 18.2 Å². The van der Waals surface area contributed by atoms with Crippen molar-refractivity contribution >= 4 is 0 Å². The Bertz CT molecular complexity index is 2050. The molecule has 2 heterocycles. The number of H-pyrrole nitrogens is 1. The SMILES string of the molecule is CCCCCCCCCCCCCCCCCCOc1ccc(C(OC[C@H]2O[C@@H](n3cc(C)c(=O)[nH]c3=O)CC2O)(c2ccccc2)c2ccc(OCCCCCCCCCCCCCCCCCC)cc2)cc1. The van der Waals surface area contributed by atoms with Gasteiger partial charge in [-0.2, -0.15) is 0 Å². The molecule has 74 heavy (non-hydrogen) atoms. The number of nitrogens with one attached hydrogen (secondary N) is 1. The van der Waals surface area contributed by atoms with Gasteiger partial charge in [-0.25, -0.2) is 4.79 Å². The lowest BCUT2D eigenvalue weighted by Gasteiger charge is -2.37. The maximum Gasteiger partial charge on any atom is 0.330 e. The molecular formula is C65H100N2O7. The van der Waals surface area contributed by atoms with Gasteiger partial charge < -0.3 is 24.1 Å². The van der Waals surface area contributed by atoms with Crippen LogP contribution in [0.4, 0.5) is 0 Å². The summed E-state index contributed by atoms with van der Waals surface area (Å²) in [6, 6.07) is 26.6. The standard InChI is InChI=1S/C65H100N2O7/c1-4-6-8-10-12-14-16-18-20-22-24-26-28-30-32-37-49-71-58-45-41-56(42-46-58)65(55-39-35-34-36-40-55,73-53-61-60(68)51-62(74-61)67-52-54(3)63(69)66-64(67)70)57-43-47-59(48-44-57)72-50-38-33-31-29-27-25-23-21-19-17-15-13-11-9-7-5-2/h34-36,39-48,52,60-62,68H,4-33,37-38,49-51,53H2,1-3H3,(H,66,69,70)/t60?,61-,62-/m1/s1. The Labute approximate surface area is 448 Å². The lowest BCUT2D eigenvalue weighted by molar-refractivity contribution is -0.0944. The molecule has 1 aliphatic heterocycles. The van der Waals surface area contributed by atoms with Crippen LogP contribution < -0.4 is 20.7 Å². The van der Waals surface area contributed by atoms with Crippen LogP contribution in [0.1, 0.15) is 254 Å². The fourth-order valence-corrected chi connectivity index (χ4v) is 10.7. The molecule has 3 atom stereocenters. The summed E-state index contributed by atoms with van der Waals surface area (Å²) >= 11 is 0. The highest BCUT2D eigenvalue weighted by atomic mass is 16.6. The summed E-state index contributed by atoms with van der Waals surface area (Å²) in [6.45, 7) is 7.59. The van der Waals surface area contributed by atoms with Crippen LogP contribution in [0.15, 0.2) is 94.6 Å². The van der Waals surface area contributed by atoms with Crippen LogP contribution in [0.25, 0.3) is 0 Å². The highest BCUT2D eigenvalue weighted by Gasteiger charge is 2.42. The molecule has 2 N–H and O–H groups in total. The summed E-state index contributed by atoms with van der Waals surface area (Å²) in [5.74, 6) is 1.63. The van der Waals surface area contributed by atoms with Crippen LogP contribution >= 0.6 is 0 Å². The minimum atomic E-state index is -1.10. The number of aliphatic hydroxyl groups excluding tert-OH is 1. The van der Waals surface area contributed by atoms with E-state index in [4.69, 9.17) is 18.9 Å². The quantitative estimate of drug-likeness (QED) is 0.0335. The summed E-state index contributed by atoms with van der Waals surface area (Å²) in [5, 5.41) is 11.4. The van der Waals surface area contributed by atoms with Crippen molar-refractivity contribution in [3.8, 4) is 11.5 Å². The number of aryl methyl sites for hydroxylation is 1. The van der Waals surface area contributed by atoms with E-state index in [0.29, 0.717) is 18.8 Å². The van der Waals surface area contributed by atoms with Gasteiger partial charge in [-0.3, -0.25) is 14.3 Å². The molecule has 1 fully saturated rings. The molecular weight excluding hydrogens is 921 g/mol. The fourth-order valence-electron chi connectivity index (χ4n) is 10.7. The Hall–Kier alpha value is -4.18. The molecule has 1 aromatic heterocycles. The number of rotatable bonds is 43. The van der Waals surface area contributed by atoms with E-state index in [1.54, 1.807) is 6.92 Å². The maximum absolute atomic E-state index is 12.8. The zero-order valence-corrected chi connectivity index (χ0v) is 46.6. The van der Waals surface area contributed by atoms with Crippen molar-refractivity contribution in [1.29, 1.82) is 0 Å². The van der Waals surface area contributed by atoms with E-state index in [9.17, 15) is 14.7 Å². The number of ether oxygens (including phenoxy) is 4. The molecule has 0 radical (unpaired) electrons.